The maximum atomic E-state index is 13.4. The molecule has 3 atom stereocenters. The number of esters is 1. The van der Waals surface area contributed by atoms with Gasteiger partial charge in [-0.2, -0.15) is 17.5 Å². The summed E-state index contributed by atoms with van der Waals surface area (Å²) in [5.74, 6) is -1.25. The molecule has 0 radical (unpaired) electrons. The SMILES string of the molecule is C[C@@H]1C[C@@H](C)CN(S(=O)(=O)c2ccc(C(=O)O[C@@H](c3nccn3C)C(F)(F)F)cc2)C1. The molecule has 2 heterocycles. The second kappa shape index (κ2) is 8.62. The van der Waals surface area contributed by atoms with E-state index in [2.05, 4.69) is 9.72 Å². The van der Waals surface area contributed by atoms with E-state index < -0.39 is 34.1 Å². The third-order valence-electron chi connectivity index (χ3n) is 5.18. The van der Waals surface area contributed by atoms with E-state index >= 15 is 0 Å². The normalized spacial score (nSPS) is 21.6. The van der Waals surface area contributed by atoms with Gasteiger partial charge in [0.15, 0.2) is 5.82 Å². The third-order valence-corrected chi connectivity index (χ3v) is 7.02. The highest BCUT2D eigenvalue weighted by Crippen LogP contribution is 2.35. The smallest absolute Gasteiger partial charge is 0.432 e. The lowest BCUT2D eigenvalue weighted by Crippen LogP contribution is -2.42. The van der Waals surface area contributed by atoms with Crippen molar-refractivity contribution in [1.82, 2.24) is 13.9 Å². The van der Waals surface area contributed by atoms with Crippen molar-refractivity contribution >= 4 is 16.0 Å². The largest absolute Gasteiger partial charge is 0.441 e. The van der Waals surface area contributed by atoms with Crippen molar-refractivity contribution in [3.8, 4) is 0 Å². The van der Waals surface area contributed by atoms with Gasteiger partial charge in [-0.25, -0.2) is 18.2 Å². The first kappa shape index (κ1) is 23.3. The Balaban J connectivity index is 1.79. The van der Waals surface area contributed by atoms with Crippen molar-refractivity contribution in [3.05, 3.63) is 48.0 Å². The van der Waals surface area contributed by atoms with Crippen LogP contribution in [0.25, 0.3) is 0 Å². The van der Waals surface area contributed by atoms with Gasteiger partial charge in [0.2, 0.25) is 10.0 Å². The van der Waals surface area contributed by atoms with Crippen molar-refractivity contribution in [3.63, 3.8) is 0 Å². The second-order valence-electron chi connectivity index (χ2n) is 8.02. The van der Waals surface area contributed by atoms with Crippen LogP contribution in [0.5, 0.6) is 0 Å². The number of imidazole rings is 1. The molecule has 0 bridgehead atoms. The van der Waals surface area contributed by atoms with Crippen molar-refractivity contribution in [2.24, 2.45) is 18.9 Å². The zero-order chi connectivity index (χ0) is 23.0. The Morgan fingerprint density at radius 2 is 1.74 bits per heavy atom. The van der Waals surface area contributed by atoms with Gasteiger partial charge in [0.1, 0.15) is 0 Å². The Morgan fingerprint density at radius 3 is 2.23 bits per heavy atom. The number of hydrogen-bond acceptors (Lipinski definition) is 5. The lowest BCUT2D eigenvalue weighted by Gasteiger charge is -2.34. The van der Waals surface area contributed by atoms with Crippen LogP contribution >= 0.6 is 0 Å². The molecule has 170 valence electrons. The lowest BCUT2D eigenvalue weighted by molar-refractivity contribution is -0.210. The lowest BCUT2D eigenvalue weighted by atomic mass is 9.94. The van der Waals surface area contributed by atoms with Crippen LogP contribution in [0, 0.1) is 11.8 Å². The van der Waals surface area contributed by atoms with Crippen LogP contribution in [0.2, 0.25) is 0 Å². The van der Waals surface area contributed by atoms with E-state index in [1.54, 1.807) is 0 Å². The van der Waals surface area contributed by atoms with Gasteiger partial charge in [0.25, 0.3) is 6.10 Å². The molecule has 0 N–H and O–H groups in total. The summed E-state index contributed by atoms with van der Waals surface area (Å²) in [5, 5.41) is 0. The van der Waals surface area contributed by atoms with Crippen LogP contribution in [0.4, 0.5) is 13.2 Å². The zero-order valence-corrected chi connectivity index (χ0v) is 18.2. The van der Waals surface area contributed by atoms with Gasteiger partial charge in [0, 0.05) is 32.5 Å². The summed E-state index contributed by atoms with van der Waals surface area (Å²) in [6.07, 6.45) is -3.99. The standard InChI is InChI=1S/C20H24F3N3O4S/c1-13-10-14(2)12-26(11-13)31(28,29)16-6-4-15(5-7-16)19(27)30-17(20(21,22)23)18-24-8-9-25(18)3/h4-9,13-14,17H,10-12H2,1-3H3/t13-,14-,17+/m1/s1. The molecule has 0 spiro atoms. The number of alkyl halides is 3. The van der Waals surface area contributed by atoms with Crippen LogP contribution in [0.15, 0.2) is 41.6 Å². The van der Waals surface area contributed by atoms with E-state index in [-0.39, 0.29) is 22.3 Å². The number of carbonyl (C=O) groups is 1. The van der Waals surface area contributed by atoms with Crippen LogP contribution < -0.4 is 0 Å². The summed E-state index contributed by atoms with van der Waals surface area (Å²) in [6, 6.07) is 4.72. The molecule has 0 unspecified atom stereocenters. The summed E-state index contributed by atoms with van der Waals surface area (Å²) in [7, 11) is -2.41. The average Bonchev–Trinajstić information content (AvgIpc) is 3.09. The first-order chi connectivity index (χ1) is 14.4. The molecule has 1 saturated heterocycles. The number of rotatable bonds is 5. The van der Waals surface area contributed by atoms with E-state index in [0.29, 0.717) is 13.1 Å². The van der Waals surface area contributed by atoms with Gasteiger partial charge in [-0.3, -0.25) is 0 Å². The predicted molar refractivity (Wildman–Crippen MR) is 106 cm³/mol. The van der Waals surface area contributed by atoms with Gasteiger partial charge >= 0.3 is 12.1 Å². The minimum absolute atomic E-state index is 0.0261. The van der Waals surface area contributed by atoms with E-state index in [9.17, 15) is 26.4 Å². The highest BCUT2D eigenvalue weighted by atomic mass is 32.2. The second-order valence-corrected chi connectivity index (χ2v) is 9.95. The summed E-state index contributed by atoms with van der Waals surface area (Å²) in [6.45, 7) is 4.76. The van der Waals surface area contributed by atoms with Crippen molar-refractivity contribution in [2.75, 3.05) is 13.1 Å². The summed E-state index contributed by atoms with van der Waals surface area (Å²) < 4.78 is 73.3. The number of sulfonamides is 1. The number of nitrogens with zero attached hydrogens (tertiary/aromatic N) is 3. The Morgan fingerprint density at radius 1 is 1.16 bits per heavy atom. The Labute approximate surface area is 178 Å². The van der Waals surface area contributed by atoms with Crippen LogP contribution in [0.3, 0.4) is 0 Å². The van der Waals surface area contributed by atoms with Crippen molar-refractivity contribution in [1.29, 1.82) is 0 Å². The number of hydrogen-bond donors (Lipinski definition) is 0. The molecule has 2 aromatic rings. The minimum Gasteiger partial charge on any atom is -0.441 e. The van der Waals surface area contributed by atoms with E-state index in [1.807, 2.05) is 13.8 Å². The highest BCUT2D eigenvalue weighted by Gasteiger charge is 2.46. The van der Waals surface area contributed by atoms with Crippen LogP contribution in [-0.4, -0.2) is 47.5 Å². The highest BCUT2D eigenvalue weighted by molar-refractivity contribution is 7.89. The average molecular weight is 459 g/mol. The fourth-order valence-corrected chi connectivity index (χ4v) is 5.46. The Hall–Kier alpha value is -2.40. The maximum absolute atomic E-state index is 13.4. The van der Waals surface area contributed by atoms with Crippen molar-refractivity contribution in [2.45, 2.75) is 37.4 Å². The number of ether oxygens (including phenoxy) is 1. The number of piperidine rings is 1. The first-order valence-corrected chi connectivity index (χ1v) is 11.2. The predicted octanol–water partition coefficient (Wildman–Crippen LogP) is 3.55. The van der Waals surface area contributed by atoms with Crippen LogP contribution in [0.1, 0.15) is 42.6 Å². The van der Waals surface area contributed by atoms with Crippen LogP contribution in [-0.2, 0) is 21.8 Å². The quantitative estimate of drug-likeness (QED) is 0.639. The molecule has 31 heavy (non-hydrogen) atoms. The number of halogens is 3. The minimum atomic E-state index is -4.86. The molecule has 7 nitrogen and oxygen atoms in total. The molecular formula is C20H24F3N3O4S. The number of aryl methyl sites for hydroxylation is 1. The Bertz CT molecular complexity index is 1020. The molecule has 1 aliphatic heterocycles. The molecule has 11 heteroatoms. The molecule has 3 rings (SSSR count). The number of carbonyl (C=O) groups excluding carboxylic acids is 1. The van der Waals surface area contributed by atoms with Crippen molar-refractivity contribution < 1.29 is 31.1 Å². The molecule has 1 aliphatic rings. The summed E-state index contributed by atoms with van der Waals surface area (Å²) in [4.78, 5) is 15.9. The maximum Gasteiger partial charge on any atom is 0.432 e. The molecule has 0 amide bonds. The summed E-state index contributed by atoms with van der Waals surface area (Å²) >= 11 is 0. The Kier molecular flexibility index (Phi) is 6.47. The van der Waals surface area contributed by atoms with Gasteiger partial charge in [-0.05, 0) is 42.5 Å². The first-order valence-electron chi connectivity index (χ1n) is 9.74. The number of benzene rings is 1. The fraction of sp³-hybridized carbons (Fsp3) is 0.500. The van der Waals surface area contributed by atoms with Gasteiger partial charge < -0.3 is 9.30 Å². The topological polar surface area (TPSA) is 81.5 Å². The van der Waals surface area contributed by atoms with Gasteiger partial charge in [-0.1, -0.05) is 13.8 Å². The van der Waals surface area contributed by atoms with E-state index in [1.165, 1.54) is 35.9 Å². The molecule has 0 aliphatic carbocycles. The zero-order valence-electron chi connectivity index (χ0n) is 17.3. The van der Waals surface area contributed by atoms with Gasteiger partial charge in [-0.15, -0.1) is 0 Å². The van der Waals surface area contributed by atoms with Gasteiger partial charge in [0.05, 0.1) is 10.5 Å². The fourth-order valence-electron chi connectivity index (χ4n) is 3.78. The monoisotopic (exact) mass is 459 g/mol. The molecule has 0 saturated carbocycles. The summed E-state index contributed by atoms with van der Waals surface area (Å²) in [5.41, 5.74) is -0.192. The molecule has 1 aromatic carbocycles. The molecular weight excluding hydrogens is 435 g/mol. The van der Waals surface area contributed by atoms with E-state index in [4.69, 9.17) is 0 Å². The molecule has 1 fully saturated rings. The number of aromatic nitrogens is 2. The van der Waals surface area contributed by atoms with E-state index in [0.717, 1.165) is 23.1 Å². The molecule has 1 aromatic heterocycles. The third kappa shape index (κ3) is 5.09.